The van der Waals surface area contributed by atoms with Gasteiger partial charge in [-0.15, -0.1) is 0 Å². The highest BCUT2D eigenvalue weighted by atomic mass is 16.5. The lowest BCUT2D eigenvalue weighted by Crippen LogP contribution is -2.37. The number of para-hydroxylation sites is 2. The lowest BCUT2D eigenvalue weighted by molar-refractivity contribution is 0.374. The molecule has 0 amide bonds. The molecular formula is C104H70N4O2. The van der Waals surface area contributed by atoms with E-state index < -0.39 is 10.8 Å². The molecule has 0 fully saturated rings. The van der Waals surface area contributed by atoms with Crippen LogP contribution in [0.1, 0.15) is 80.1 Å². The summed E-state index contributed by atoms with van der Waals surface area (Å²) in [6, 6.07) is 114. The van der Waals surface area contributed by atoms with Crippen molar-refractivity contribution in [1.82, 2.24) is 19.9 Å². The molecule has 0 radical (unpaired) electrons. The van der Waals surface area contributed by atoms with Crippen LogP contribution in [0.5, 0.6) is 23.0 Å². The summed E-state index contributed by atoms with van der Waals surface area (Å²) >= 11 is 0. The minimum atomic E-state index is -0.458. The molecule has 7 unspecified atom stereocenters. The zero-order valence-electron chi connectivity index (χ0n) is 60.1. The molecule has 0 N–H and O–H groups in total. The maximum absolute atomic E-state index is 6.89. The highest BCUT2D eigenvalue weighted by Crippen LogP contribution is 2.67. The fourth-order valence-corrected chi connectivity index (χ4v) is 19.4. The minimum Gasteiger partial charge on any atom is -0.457 e. The number of hydrogen-bond donors (Lipinski definition) is 0. The van der Waals surface area contributed by atoms with Crippen LogP contribution in [0.4, 0.5) is 0 Å². The number of fused-ring (bicyclic) bond motifs is 19. The Kier molecular flexibility index (Phi) is 14.7. The first-order valence-corrected chi connectivity index (χ1v) is 38.3. The first-order chi connectivity index (χ1) is 54.5. The largest absolute Gasteiger partial charge is 0.457 e. The molecule has 5 aliphatic carbocycles. The fourth-order valence-electron chi connectivity index (χ4n) is 19.4. The van der Waals surface area contributed by atoms with E-state index in [2.05, 4.69) is 376 Å². The Morgan fingerprint density at radius 2 is 0.736 bits per heavy atom. The smallest absolute Gasteiger partial charge is 0.160 e. The van der Waals surface area contributed by atoms with Crippen LogP contribution in [0.15, 0.2) is 382 Å². The van der Waals surface area contributed by atoms with Gasteiger partial charge in [-0.1, -0.05) is 316 Å². The quantitative estimate of drug-likeness (QED) is 0.136. The summed E-state index contributed by atoms with van der Waals surface area (Å²) in [4.78, 5) is 22.0. The number of ether oxygens (including phenoxy) is 2. The molecule has 7 atom stereocenters. The van der Waals surface area contributed by atoms with Gasteiger partial charge in [0.05, 0.1) is 33.6 Å². The van der Waals surface area contributed by atoms with Gasteiger partial charge >= 0.3 is 0 Å². The van der Waals surface area contributed by atoms with Gasteiger partial charge in [0.2, 0.25) is 0 Å². The molecule has 13 aromatic carbocycles. The summed E-state index contributed by atoms with van der Waals surface area (Å²) in [5.41, 5.74) is 26.7. The molecular weight excluding hydrogens is 1340 g/mol. The molecule has 0 bridgehead atoms. The number of rotatable bonds is 10. The third-order valence-corrected chi connectivity index (χ3v) is 24.3. The van der Waals surface area contributed by atoms with Gasteiger partial charge in [-0.05, 0) is 151 Å². The second kappa shape index (κ2) is 25.5. The summed E-state index contributed by atoms with van der Waals surface area (Å²) in [6.45, 7) is 0. The SMILES string of the molecule is C1=CC(c2nc(-c3ccc4ccccc4c3)cc(-c3ccccc3-c3cccc(-c4ccc(-c5cc(-c6ccccc6)nc(-c6cccc(-c7ccc8c(c7)C7(c9ccccc9O8)c8ccccc8C8C=CC=CC87)c6)n5)cc4)c3)n2)CC(c2ccc3c(c2)C2(c4ccccc4O3)c3ccccc3C3C=CC=CC32)=C1. The van der Waals surface area contributed by atoms with Crippen LogP contribution >= 0.6 is 0 Å². The highest BCUT2D eigenvalue weighted by molar-refractivity contribution is 5.90. The van der Waals surface area contributed by atoms with Gasteiger partial charge in [-0.25, -0.2) is 19.9 Å². The maximum Gasteiger partial charge on any atom is 0.160 e. The molecule has 4 heterocycles. The molecule has 2 spiro atoms. The van der Waals surface area contributed by atoms with Crippen molar-refractivity contribution in [2.24, 2.45) is 11.8 Å². The average molecular weight is 1410 g/mol. The monoisotopic (exact) mass is 1410 g/mol. The summed E-state index contributed by atoms with van der Waals surface area (Å²) in [5, 5.41) is 2.35. The number of hydrogen-bond acceptors (Lipinski definition) is 6. The zero-order valence-corrected chi connectivity index (χ0v) is 60.1. The molecule has 7 aliphatic rings. The summed E-state index contributed by atoms with van der Waals surface area (Å²) < 4.78 is 13.7. The van der Waals surface area contributed by atoms with Crippen molar-refractivity contribution in [3.05, 3.63) is 438 Å². The maximum atomic E-state index is 6.89. The zero-order chi connectivity index (χ0) is 72.4. The number of nitrogens with zero attached hydrogens (tertiary/aromatic N) is 4. The van der Waals surface area contributed by atoms with Crippen LogP contribution in [0.25, 0.3) is 106 Å². The molecule has 22 rings (SSSR count). The molecule has 518 valence electrons. The molecule has 2 aliphatic heterocycles. The first-order valence-electron chi connectivity index (χ1n) is 38.3. The first kappa shape index (κ1) is 63.6. The van der Waals surface area contributed by atoms with E-state index in [0.717, 1.165) is 118 Å². The third kappa shape index (κ3) is 10.1. The Morgan fingerprint density at radius 1 is 0.273 bits per heavy atom. The van der Waals surface area contributed by atoms with Gasteiger partial charge in [-0.3, -0.25) is 0 Å². The van der Waals surface area contributed by atoms with Crippen LogP contribution in [0, 0.1) is 11.8 Å². The van der Waals surface area contributed by atoms with Crippen LogP contribution in [0.2, 0.25) is 0 Å². The molecule has 6 heteroatoms. The van der Waals surface area contributed by atoms with Crippen molar-refractivity contribution in [2.75, 3.05) is 0 Å². The van der Waals surface area contributed by atoms with Gasteiger partial charge in [0.25, 0.3) is 0 Å². The normalized spacial score (nSPS) is 20.1. The van der Waals surface area contributed by atoms with Gasteiger partial charge in [-0.2, -0.15) is 0 Å². The lowest BCUT2D eigenvalue weighted by atomic mass is 9.61. The number of benzene rings is 13. The van der Waals surface area contributed by atoms with E-state index in [1.807, 2.05) is 6.07 Å². The van der Waals surface area contributed by atoms with Crippen molar-refractivity contribution in [1.29, 1.82) is 0 Å². The molecule has 0 saturated heterocycles. The molecule has 2 aromatic heterocycles. The summed E-state index contributed by atoms with van der Waals surface area (Å²) in [5.74, 6) is 5.75. The predicted octanol–water partition coefficient (Wildman–Crippen LogP) is 25.4. The molecule has 6 nitrogen and oxygen atoms in total. The van der Waals surface area contributed by atoms with Gasteiger partial charge in [0.15, 0.2) is 5.82 Å². The van der Waals surface area contributed by atoms with Crippen molar-refractivity contribution in [3.63, 3.8) is 0 Å². The Hall–Kier alpha value is -13.7. The van der Waals surface area contributed by atoms with E-state index >= 15 is 0 Å². The molecule has 15 aromatic rings. The number of allylic oxidation sites excluding steroid dienone is 12. The Bertz CT molecular complexity index is 6520. The van der Waals surface area contributed by atoms with Crippen molar-refractivity contribution >= 4 is 16.3 Å². The lowest BCUT2D eigenvalue weighted by Gasteiger charge is -2.43. The van der Waals surface area contributed by atoms with Crippen molar-refractivity contribution < 1.29 is 9.47 Å². The van der Waals surface area contributed by atoms with Crippen LogP contribution in [-0.2, 0) is 10.8 Å². The van der Waals surface area contributed by atoms with E-state index in [0.29, 0.717) is 12.2 Å². The Labute approximate surface area is 639 Å². The van der Waals surface area contributed by atoms with E-state index in [-0.39, 0.29) is 29.6 Å². The second-order valence-electron chi connectivity index (χ2n) is 30.1. The van der Waals surface area contributed by atoms with Gasteiger partial charge < -0.3 is 9.47 Å². The minimum absolute atomic E-state index is 0.116. The second-order valence-corrected chi connectivity index (χ2v) is 30.1. The Balaban J connectivity index is 0.589. The van der Waals surface area contributed by atoms with E-state index in [4.69, 9.17) is 29.4 Å². The fraction of sp³-hybridized carbons (Fsp3) is 0.0769. The van der Waals surface area contributed by atoms with Crippen LogP contribution < -0.4 is 9.47 Å². The van der Waals surface area contributed by atoms with Crippen LogP contribution in [0.3, 0.4) is 0 Å². The summed E-state index contributed by atoms with van der Waals surface area (Å²) in [7, 11) is 0. The van der Waals surface area contributed by atoms with Gasteiger partial charge in [0.1, 0.15) is 28.8 Å². The predicted molar refractivity (Wildman–Crippen MR) is 444 cm³/mol. The van der Waals surface area contributed by atoms with Gasteiger partial charge in [0, 0.05) is 79.7 Å². The standard InChI is InChI=1S/C104H70N4O2/c1-2-24-67(25-3-1)93-63-94(106-101(105-93)77-31-21-28-71(59-77)73-53-55-99-91(61-73)103(89-43-16-18-45-97(89)109-99)85-39-12-8-34-80(85)81-35-9-13-40-86(81)103)68-50-47-66(48-51-68)70-27-20-30-75(57-70)79-33-6-7-38-84(79)96-64-95(76-52-49-65-23-4-5-26-69(65)58-76)107-102(108-96)78-32-22-29-72(60-78)74-54-56-100-92(62-74)104(90-44-17-19-46-98(90)110-100)87-41-14-10-36-82(87)83-37-11-15-42-88(83)104/h1-59,61-64,78,80,82,85,87H,60H2. The topological polar surface area (TPSA) is 70.0 Å². The van der Waals surface area contributed by atoms with Crippen LogP contribution in [-0.4, -0.2) is 19.9 Å². The molecule has 0 saturated carbocycles. The average Bonchev–Trinajstić information content (AvgIpc) is 1.51. The third-order valence-electron chi connectivity index (χ3n) is 24.3. The van der Waals surface area contributed by atoms with Crippen molar-refractivity contribution in [3.8, 4) is 113 Å². The van der Waals surface area contributed by atoms with E-state index in [1.165, 1.54) is 61.0 Å². The highest BCUT2D eigenvalue weighted by Gasteiger charge is 2.58. The molecule has 110 heavy (non-hydrogen) atoms. The Morgan fingerprint density at radius 3 is 1.43 bits per heavy atom. The van der Waals surface area contributed by atoms with E-state index in [1.54, 1.807) is 0 Å². The van der Waals surface area contributed by atoms with E-state index in [9.17, 15) is 0 Å². The van der Waals surface area contributed by atoms with Crippen molar-refractivity contribution in [2.45, 2.75) is 35.0 Å². The number of aromatic nitrogens is 4. The summed E-state index contributed by atoms with van der Waals surface area (Å²) in [6.07, 6.45) is 26.0.